The third-order valence-corrected chi connectivity index (χ3v) is 6.12. The molecule has 1 heterocycles. The van der Waals surface area contributed by atoms with E-state index in [2.05, 4.69) is 115 Å². The van der Waals surface area contributed by atoms with Crippen molar-refractivity contribution in [2.24, 2.45) is 0 Å². The highest BCUT2D eigenvalue weighted by Gasteiger charge is 2.17. The maximum Gasteiger partial charge on any atom is 0.0792 e. The van der Waals surface area contributed by atoms with Gasteiger partial charge < -0.3 is 0 Å². The van der Waals surface area contributed by atoms with Gasteiger partial charge in [-0.1, -0.05) is 115 Å². The van der Waals surface area contributed by atoms with Crippen LogP contribution in [0.4, 0.5) is 0 Å². The van der Waals surface area contributed by atoms with E-state index in [1.807, 2.05) is 12.3 Å². The Morgan fingerprint density at radius 3 is 1.50 bits per heavy atom. The number of rotatable bonds is 3. The highest BCUT2D eigenvalue weighted by atomic mass is 14.7. The van der Waals surface area contributed by atoms with Crippen LogP contribution in [0, 0.1) is 0 Å². The molecule has 0 bridgehead atoms. The van der Waals surface area contributed by atoms with E-state index in [0.29, 0.717) is 0 Å². The third kappa shape index (κ3) is 3.07. The standard InChI is InChI=1S/C31H21N/c1-3-10-22(11-4-1)23-17-19-25(20-18-23)29-26-14-7-8-15-27(26)30(24-12-5-2-6-13-24)31-28(29)16-9-21-32-31/h1-21H. The zero-order valence-electron chi connectivity index (χ0n) is 17.6. The number of aromatic nitrogens is 1. The van der Waals surface area contributed by atoms with Crippen LogP contribution in [0.5, 0.6) is 0 Å². The molecule has 0 aliphatic rings. The number of benzene rings is 5. The van der Waals surface area contributed by atoms with Crippen molar-refractivity contribution in [3.8, 4) is 33.4 Å². The van der Waals surface area contributed by atoms with Gasteiger partial charge in [0.1, 0.15) is 0 Å². The van der Waals surface area contributed by atoms with Gasteiger partial charge in [-0.25, -0.2) is 0 Å². The summed E-state index contributed by atoms with van der Waals surface area (Å²) >= 11 is 0. The molecule has 5 aromatic carbocycles. The summed E-state index contributed by atoms with van der Waals surface area (Å²) in [5, 5.41) is 3.66. The normalized spacial score (nSPS) is 11.1. The van der Waals surface area contributed by atoms with Crippen LogP contribution in [-0.2, 0) is 0 Å². The van der Waals surface area contributed by atoms with Gasteiger partial charge in [-0.15, -0.1) is 0 Å². The molecule has 0 amide bonds. The molecular formula is C31H21N. The molecule has 1 nitrogen and oxygen atoms in total. The fourth-order valence-corrected chi connectivity index (χ4v) is 4.67. The maximum absolute atomic E-state index is 4.86. The van der Waals surface area contributed by atoms with Crippen LogP contribution in [-0.4, -0.2) is 4.98 Å². The first kappa shape index (κ1) is 18.5. The summed E-state index contributed by atoms with van der Waals surface area (Å²) in [6.45, 7) is 0. The minimum atomic E-state index is 1.04. The van der Waals surface area contributed by atoms with Gasteiger partial charge in [0.05, 0.1) is 5.52 Å². The number of hydrogen-bond donors (Lipinski definition) is 0. The van der Waals surface area contributed by atoms with Crippen LogP contribution in [0.2, 0.25) is 0 Å². The molecule has 32 heavy (non-hydrogen) atoms. The summed E-state index contributed by atoms with van der Waals surface area (Å²) in [6, 6.07) is 42.9. The summed E-state index contributed by atoms with van der Waals surface area (Å²) in [4.78, 5) is 4.86. The molecule has 0 saturated carbocycles. The Hall–Kier alpha value is -4.23. The van der Waals surface area contributed by atoms with Gasteiger partial charge >= 0.3 is 0 Å². The molecule has 6 aromatic rings. The number of hydrogen-bond acceptors (Lipinski definition) is 1. The lowest BCUT2D eigenvalue weighted by molar-refractivity contribution is 1.42. The van der Waals surface area contributed by atoms with Gasteiger partial charge in [-0.3, -0.25) is 4.98 Å². The van der Waals surface area contributed by atoms with Crippen LogP contribution < -0.4 is 0 Å². The Labute approximate surface area is 187 Å². The van der Waals surface area contributed by atoms with Gasteiger partial charge in [-0.2, -0.15) is 0 Å². The summed E-state index contributed by atoms with van der Waals surface area (Å²) < 4.78 is 0. The zero-order valence-corrected chi connectivity index (χ0v) is 17.6. The van der Waals surface area contributed by atoms with E-state index in [4.69, 9.17) is 4.98 Å². The first-order valence-corrected chi connectivity index (χ1v) is 10.9. The highest BCUT2D eigenvalue weighted by Crippen LogP contribution is 2.42. The Morgan fingerprint density at radius 2 is 0.812 bits per heavy atom. The predicted molar refractivity (Wildman–Crippen MR) is 136 cm³/mol. The second-order valence-electron chi connectivity index (χ2n) is 8.00. The molecule has 0 saturated heterocycles. The number of fused-ring (bicyclic) bond motifs is 2. The van der Waals surface area contributed by atoms with Gasteiger partial charge in [-0.05, 0) is 44.7 Å². The molecular weight excluding hydrogens is 386 g/mol. The lowest BCUT2D eigenvalue weighted by Gasteiger charge is -2.17. The summed E-state index contributed by atoms with van der Waals surface area (Å²) in [6.07, 6.45) is 1.89. The first-order chi connectivity index (χ1) is 15.9. The fraction of sp³-hybridized carbons (Fsp3) is 0. The average molecular weight is 408 g/mol. The lowest BCUT2D eigenvalue weighted by atomic mass is 9.87. The van der Waals surface area contributed by atoms with Gasteiger partial charge in [0, 0.05) is 17.1 Å². The molecule has 0 atom stereocenters. The van der Waals surface area contributed by atoms with Crippen LogP contribution in [0.1, 0.15) is 0 Å². The van der Waals surface area contributed by atoms with Gasteiger partial charge in [0.25, 0.3) is 0 Å². The molecule has 0 aliphatic heterocycles. The molecule has 0 fully saturated rings. The van der Waals surface area contributed by atoms with Gasteiger partial charge in [0.15, 0.2) is 0 Å². The van der Waals surface area contributed by atoms with Crippen LogP contribution in [0.15, 0.2) is 128 Å². The topological polar surface area (TPSA) is 12.9 Å². The Balaban J connectivity index is 1.65. The van der Waals surface area contributed by atoms with E-state index in [1.54, 1.807) is 0 Å². The zero-order chi connectivity index (χ0) is 21.3. The van der Waals surface area contributed by atoms with Crippen molar-refractivity contribution >= 4 is 21.7 Å². The molecule has 0 N–H and O–H groups in total. The molecule has 0 aliphatic carbocycles. The summed E-state index contributed by atoms with van der Waals surface area (Å²) in [5.74, 6) is 0. The van der Waals surface area contributed by atoms with Crippen molar-refractivity contribution < 1.29 is 0 Å². The monoisotopic (exact) mass is 407 g/mol. The average Bonchev–Trinajstić information content (AvgIpc) is 2.88. The Bertz CT molecular complexity index is 1480. The van der Waals surface area contributed by atoms with Crippen molar-refractivity contribution in [2.75, 3.05) is 0 Å². The van der Waals surface area contributed by atoms with Crippen molar-refractivity contribution in [3.63, 3.8) is 0 Å². The maximum atomic E-state index is 4.86. The fourth-order valence-electron chi connectivity index (χ4n) is 4.67. The SMILES string of the molecule is c1ccc(-c2ccc(-c3c4ccccc4c(-c4ccccc4)c4ncccc34)cc2)cc1. The molecule has 1 aromatic heterocycles. The largest absolute Gasteiger partial charge is 0.256 e. The summed E-state index contributed by atoms with van der Waals surface area (Å²) in [7, 11) is 0. The van der Waals surface area contributed by atoms with E-state index in [-0.39, 0.29) is 0 Å². The molecule has 0 unspecified atom stereocenters. The van der Waals surface area contributed by atoms with Crippen LogP contribution >= 0.6 is 0 Å². The minimum Gasteiger partial charge on any atom is -0.256 e. The Morgan fingerprint density at radius 1 is 0.344 bits per heavy atom. The lowest BCUT2D eigenvalue weighted by Crippen LogP contribution is -1.92. The second-order valence-corrected chi connectivity index (χ2v) is 8.00. The second kappa shape index (κ2) is 7.79. The van der Waals surface area contributed by atoms with Crippen molar-refractivity contribution in [2.45, 2.75) is 0 Å². The molecule has 150 valence electrons. The van der Waals surface area contributed by atoms with Crippen LogP contribution in [0.3, 0.4) is 0 Å². The van der Waals surface area contributed by atoms with E-state index >= 15 is 0 Å². The third-order valence-electron chi connectivity index (χ3n) is 6.12. The van der Waals surface area contributed by atoms with E-state index in [1.165, 1.54) is 49.5 Å². The quantitative estimate of drug-likeness (QED) is 0.268. The van der Waals surface area contributed by atoms with E-state index in [0.717, 1.165) is 5.52 Å². The van der Waals surface area contributed by atoms with E-state index in [9.17, 15) is 0 Å². The van der Waals surface area contributed by atoms with E-state index < -0.39 is 0 Å². The smallest absolute Gasteiger partial charge is 0.0792 e. The van der Waals surface area contributed by atoms with Crippen molar-refractivity contribution in [1.29, 1.82) is 0 Å². The van der Waals surface area contributed by atoms with Crippen molar-refractivity contribution in [1.82, 2.24) is 4.98 Å². The Kier molecular flexibility index (Phi) is 4.51. The first-order valence-electron chi connectivity index (χ1n) is 10.9. The predicted octanol–water partition coefficient (Wildman–Crippen LogP) is 8.39. The van der Waals surface area contributed by atoms with Gasteiger partial charge in [0.2, 0.25) is 0 Å². The molecule has 1 heteroatoms. The molecule has 0 radical (unpaired) electrons. The number of nitrogens with zero attached hydrogens (tertiary/aromatic N) is 1. The number of pyridine rings is 1. The molecule has 0 spiro atoms. The van der Waals surface area contributed by atoms with Crippen LogP contribution in [0.25, 0.3) is 55.1 Å². The molecule has 6 rings (SSSR count). The van der Waals surface area contributed by atoms with Crippen molar-refractivity contribution in [3.05, 3.63) is 128 Å². The highest BCUT2D eigenvalue weighted by molar-refractivity contribution is 6.20. The minimum absolute atomic E-state index is 1.04. The summed E-state index contributed by atoms with van der Waals surface area (Å²) in [5.41, 5.74) is 8.33.